The van der Waals surface area contributed by atoms with Gasteiger partial charge in [0.05, 0.1) is 5.56 Å². The fourth-order valence-corrected chi connectivity index (χ4v) is 4.67. The summed E-state index contributed by atoms with van der Waals surface area (Å²) in [6.07, 6.45) is 2.05. The van der Waals surface area contributed by atoms with Crippen molar-refractivity contribution in [3.63, 3.8) is 0 Å². The van der Waals surface area contributed by atoms with E-state index < -0.39 is 5.82 Å². The number of rotatable bonds is 5. The van der Waals surface area contributed by atoms with E-state index in [1.54, 1.807) is 6.20 Å². The molecule has 186 valence electrons. The Hall–Kier alpha value is -3.78. The van der Waals surface area contributed by atoms with Crippen molar-refractivity contribution in [2.75, 3.05) is 45.1 Å². The monoisotopic (exact) mass is 488 g/mol. The number of nitrogens with one attached hydrogen (secondary N) is 1. The number of aromatic nitrogens is 1. The number of piperazine rings is 1. The van der Waals surface area contributed by atoms with Gasteiger partial charge in [0.25, 0.3) is 5.91 Å². The van der Waals surface area contributed by atoms with E-state index in [2.05, 4.69) is 22.2 Å². The van der Waals surface area contributed by atoms with Gasteiger partial charge in [-0.15, -0.1) is 0 Å². The number of nitrogens with zero attached hydrogens (tertiary/aromatic N) is 3. The van der Waals surface area contributed by atoms with Crippen LogP contribution in [0.2, 0.25) is 0 Å². The molecule has 5 rings (SSSR count). The maximum atomic E-state index is 13.9. The summed E-state index contributed by atoms with van der Waals surface area (Å²) in [5.41, 5.74) is 3.67. The number of pyridine rings is 1. The average molecular weight is 489 g/mol. The molecule has 0 bridgehead atoms. The first-order valence-electron chi connectivity index (χ1n) is 12.2. The molecule has 1 N–H and O–H groups in total. The van der Waals surface area contributed by atoms with Crippen molar-refractivity contribution < 1.29 is 18.7 Å². The van der Waals surface area contributed by atoms with E-state index in [1.807, 2.05) is 35.2 Å². The van der Waals surface area contributed by atoms with Crippen molar-refractivity contribution in [1.29, 1.82) is 0 Å². The number of ketones is 1. The van der Waals surface area contributed by atoms with Crippen molar-refractivity contribution in [2.24, 2.45) is 0 Å². The van der Waals surface area contributed by atoms with Crippen molar-refractivity contribution in [2.45, 2.75) is 19.4 Å². The molecule has 1 unspecified atom stereocenters. The molecule has 1 atom stereocenters. The first-order valence-corrected chi connectivity index (χ1v) is 12.2. The third-order valence-electron chi connectivity index (χ3n) is 6.81. The van der Waals surface area contributed by atoms with E-state index in [-0.39, 0.29) is 23.5 Å². The van der Waals surface area contributed by atoms with E-state index in [4.69, 9.17) is 4.74 Å². The van der Waals surface area contributed by atoms with Gasteiger partial charge in [-0.05, 0) is 49.9 Å². The zero-order valence-electron chi connectivity index (χ0n) is 20.5. The van der Waals surface area contributed by atoms with Crippen molar-refractivity contribution in [3.05, 3.63) is 77.2 Å². The summed E-state index contributed by atoms with van der Waals surface area (Å²) in [4.78, 5) is 33.6. The molecule has 36 heavy (non-hydrogen) atoms. The number of hydrogen-bond donors (Lipinski definition) is 1. The lowest BCUT2D eigenvalue weighted by atomic mass is 9.98. The molecule has 0 saturated carbocycles. The van der Waals surface area contributed by atoms with E-state index in [9.17, 15) is 14.0 Å². The zero-order chi connectivity index (χ0) is 25.2. The minimum Gasteiger partial charge on any atom is -0.485 e. The lowest BCUT2D eigenvalue weighted by Gasteiger charge is -2.32. The van der Waals surface area contributed by atoms with Gasteiger partial charge in [0.15, 0.2) is 5.78 Å². The van der Waals surface area contributed by atoms with Crippen LogP contribution in [0.15, 0.2) is 54.7 Å². The van der Waals surface area contributed by atoms with Crippen LogP contribution in [0.3, 0.4) is 0 Å². The van der Waals surface area contributed by atoms with Crippen LogP contribution < -0.4 is 10.1 Å². The molecule has 0 radical (unpaired) electrons. The van der Waals surface area contributed by atoms with Crippen LogP contribution in [0.5, 0.6) is 5.75 Å². The van der Waals surface area contributed by atoms with Gasteiger partial charge >= 0.3 is 0 Å². The Bertz CT molecular complexity index is 1290. The fraction of sp³-hybridized carbons (Fsp3) is 0.321. The Morgan fingerprint density at radius 1 is 1.03 bits per heavy atom. The zero-order valence-corrected chi connectivity index (χ0v) is 20.5. The van der Waals surface area contributed by atoms with Gasteiger partial charge in [0.1, 0.15) is 23.5 Å². The molecule has 3 aromatic rings. The second-order valence-corrected chi connectivity index (χ2v) is 9.35. The number of hydrogen-bond acceptors (Lipinski definition) is 6. The number of carbonyl (C=O) groups excluding carboxylic acids is 2. The summed E-state index contributed by atoms with van der Waals surface area (Å²) < 4.78 is 20.1. The van der Waals surface area contributed by atoms with Gasteiger partial charge in [-0.2, -0.15) is 0 Å². The average Bonchev–Trinajstić information content (AvgIpc) is 2.89. The van der Waals surface area contributed by atoms with Gasteiger partial charge in [0, 0.05) is 68.1 Å². The molecule has 3 heterocycles. The number of fused-ring (bicyclic) bond motifs is 1. The summed E-state index contributed by atoms with van der Waals surface area (Å²) in [6, 6.07) is 13.5. The molecule has 0 aliphatic carbocycles. The highest BCUT2D eigenvalue weighted by atomic mass is 19.1. The minimum atomic E-state index is -0.456. The molecule has 7 nitrogen and oxygen atoms in total. The second-order valence-electron chi connectivity index (χ2n) is 9.35. The second kappa shape index (κ2) is 10.1. The quantitative estimate of drug-likeness (QED) is 0.536. The highest BCUT2D eigenvalue weighted by Gasteiger charge is 2.25. The van der Waals surface area contributed by atoms with Crippen LogP contribution >= 0.6 is 0 Å². The van der Waals surface area contributed by atoms with Crippen LogP contribution in [0.1, 0.15) is 45.7 Å². The molecular formula is C28H29FN4O3. The first kappa shape index (κ1) is 23.9. The van der Waals surface area contributed by atoms with Gasteiger partial charge in [-0.3, -0.25) is 9.59 Å². The fourth-order valence-electron chi connectivity index (χ4n) is 4.67. The number of benzene rings is 2. The standard InChI is InChI=1S/C28H29FN4O3/c1-18(34)23-8-7-22(29)16-26(23)36-25-9-10-30-27-24(25)15-21(17-31-27)19-3-5-20(6-4-19)28(35)33-13-11-32(2)12-14-33/h3-8,15-17,25H,9-14H2,1-2H3,(H,30,31). The first-order chi connectivity index (χ1) is 17.4. The van der Waals surface area contributed by atoms with Gasteiger partial charge in [0.2, 0.25) is 0 Å². The van der Waals surface area contributed by atoms with Gasteiger partial charge in [-0.25, -0.2) is 9.37 Å². The van der Waals surface area contributed by atoms with E-state index in [0.717, 1.165) is 42.9 Å². The van der Waals surface area contributed by atoms with Crippen molar-refractivity contribution >= 4 is 17.5 Å². The van der Waals surface area contributed by atoms with Crippen LogP contribution in [0, 0.1) is 5.82 Å². The third kappa shape index (κ3) is 4.95. The van der Waals surface area contributed by atoms with Crippen LogP contribution in [0.25, 0.3) is 11.1 Å². The summed E-state index contributed by atoms with van der Waals surface area (Å²) in [6.45, 7) is 5.32. The molecular weight excluding hydrogens is 459 g/mol. The Labute approximate surface area is 209 Å². The van der Waals surface area contributed by atoms with Crippen LogP contribution in [0.4, 0.5) is 10.2 Å². The highest BCUT2D eigenvalue weighted by Crippen LogP contribution is 2.36. The van der Waals surface area contributed by atoms with Crippen LogP contribution in [-0.2, 0) is 0 Å². The number of halogens is 1. The largest absolute Gasteiger partial charge is 0.485 e. The highest BCUT2D eigenvalue weighted by molar-refractivity contribution is 5.97. The Morgan fingerprint density at radius 2 is 1.78 bits per heavy atom. The number of amides is 1. The topological polar surface area (TPSA) is 74.8 Å². The van der Waals surface area contributed by atoms with E-state index >= 15 is 0 Å². The molecule has 8 heteroatoms. The van der Waals surface area contributed by atoms with Gasteiger partial charge in [-0.1, -0.05) is 12.1 Å². The minimum absolute atomic E-state index is 0.0484. The summed E-state index contributed by atoms with van der Waals surface area (Å²) in [5, 5.41) is 3.28. The maximum absolute atomic E-state index is 13.9. The number of Topliss-reactive ketones (excluding diaryl/α,β-unsaturated/α-hetero) is 1. The summed E-state index contributed by atoms with van der Waals surface area (Å²) in [7, 11) is 2.06. The number of carbonyl (C=O) groups is 2. The predicted octanol–water partition coefficient (Wildman–Crippen LogP) is 4.41. The molecule has 2 aliphatic heterocycles. The smallest absolute Gasteiger partial charge is 0.253 e. The Morgan fingerprint density at radius 3 is 2.50 bits per heavy atom. The molecule has 1 aromatic heterocycles. The molecule has 1 saturated heterocycles. The summed E-state index contributed by atoms with van der Waals surface area (Å²) >= 11 is 0. The lowest BCUT2D eigenvalue weighted by molar-refractivity contribution is 0.0664. The molecule has 1 amide bonds. The van der Waals surface area contributed by atoms with Crippen molar-refractivity contribution in [1.82, 2.24) is 14.8 Å². The lowest BCUT2D eigenvalue weighted by Crippen LogP contribution is -2.47. The predicted molar refractivity (Wildman–Crippen MR) is 136 cm³/mol. The molecule has 2 aromatic carbocycles. The number of likely N-dealkylation sites (N-methyl/N-ethyl adjacent to an activating group) is 1. The van der Waals surface area contributed by atoms with E-state index in [1.165, 1.54) is 25.1 Å². The normalized spacial score (nSPS) is 17.8. The maximum Gasteiger partial charge on any atom is 0.253 e. The molecule has 0 spiro atoms. The number of anilines is 1. The van der Waals surface area contributed by atoms with Crippen molar-refractivity contribution in [3.8, 4) is 16.9 Å². The van der Waals surface area contributed by atoms with Gasteiger partial charge < -0.3 is 19.9 Å². The molecule has 2 aliphatic rings. The number of ether oxygens (including phenoxy) is 1. The Balaban J connectivity index is 1.38. The summed E-state index contributed by atoms with van der Waals surface area (Å²) in [5.74, 6) is 0.349. The van der Waals surface area contributed by atoms with E-state index in [0.29, 0.717) is 29.9 Å². The molecule has 1 fully saturated rings. The SMILES string of the molecule is CC(=O)c1ccc(F)cc1OC1CCNc2ncc(-c3ccc(C(=O)N4CCN(C)CC4)cc3)cc21. The Kier molecular flexibility index (Phi) is 6.69. The third-order valence-corrected chi connectivity index (χ3v) is 6.81. The van der Waals surface area contributed by atoms with Crippen LogP contribution in [-0.4, -0.2) is 66.2 Å².